The summed E-state index contributed by atoms with van der Waals surface area (Å²) in [7, 11) is 0. The van der Waals surface area contributed by atoms with Gasteiger partial charge >= 0.3 is 0 Å². The van der Waals surface area contributed by atoms with Crippen LogP contribution in [0.25, 0.3) is 11.1 Å². The van der Waals surface area contributed by atoms with E-state index in [4.69, 9.17) is 0 Å². The molecule has 3 heteroatoms. The van der Waals surface area contributed by atoms with Crippen molar-refractivity contribution in [3.63, 3.8) is 0 Å². The number of nitrogens with one attached hydrogen (secondary N) is 1. The van der Waals surface area contributed by atoms with E-state index in [-0.39, 0.29) is 17.7 Å². The van der Waals surface area contributed by atoms with Crippen LogP contribution in [0.4, 0.5) is 5.69 Å². The molecule has 0 saturated heterocycles. The lowest BCUT2D eigenvalue weighted by atomic mass is 9.87. The lowest BCUT2D eigenvalue weighted by Crippen LogP contribution is -2.25. The highest BCUT2D eigenvalue weighted by Crippen LogP contribution is 2.27. The van der Waals surface area contributed by atoms with E-state index in [2.05, 4.69) is 30.2 Å². The Balaban J connectivity index is 1.76. The van der Waals surface area contributed by atoms with E-state index in [0.29, 0.717) is 0 Å². The first-order valence-electron chi connectivity index (χ1n) is 8.93. The summed E-state index contributed by atoms with van der Waals surface area (Å²) in [6.07, 6.45) is 1.81. The predicted octanol–water partition coefficient (Wildman–Crippen LogP) is 5.44. The number of aryl methyl sites for hydroxylation is 1. The first kappa shape index (κ1) is 17.9. The van der Waals surface area contributed by atoms with Crippen LogP contribution in [0, 0.1) is 12.8 Å². The minimum atomic E-state index is -0.168. The quantitative estimate of drug-likeness (QED) is 0.670. The normalized spacial score (nSPS) is 12.0. The number of aromatic nitrogens is 1. The topological polar surface area (TPSA) is 42.0 Å². The zero-order chi connectivity index (χ0) is 18.5. The molecule has 0 aliphatic heterocycles. The molecule has 1 atom stereocenters. The Morgan fingerprint density at radius 2 is 1.62 bits per heavy atom. The molecule has 3 nitrogen and oxygen atoms in total. The van der Waals surface area contributed by atoms with Crippen molar-refractivity contribution in [1.29, 1.82) is 0 Å². The van der Waals surface area contributed by atoms with Gasteiger partial charge in [-0.25, -0.2) is 0 Å². The summed E-state index contributed by atoms with van der Waals surface area (Å²) in [5.41, 5.74) is 5.08. The Hall–Kier alpha value is -2.94. The van der Waals surface area contributed by atoms with Gasteiger partial charge in [0, 0.05) is 17.6 Å². The van der Waals surface area contributed by atoms with Crippen LogP contribution < -0.4 is 5.32 Å². The third kappa shape index (κ3) is 4.17. The van der Waals surface area contributed by atoms with E-state index in [1.807, 2.05) is 73.8 Å². The summed E-state index contributed by atoms with van der Waals surface area (Å²) < 4.78 is 0. The minimum Gasteiger partial charge on any atom is -0.326 e. The second-order valence-electron chi connectivity index (χ2n) is 6.88. The molecule has 2 aromatic carbocycles. The highest BCUT2D eigenvalue weighted by molar-refractivity contribution is 5.96. The van der Waals surface area contributed by atoms with E-state index in [1.165, 1.54) is 0 Å². The number of benzene rings is 2. The van der Waals surface area contributed by atoms with Crippen LogP contribution in [0.3, 0.4) is 0 Å². The van der Waals surface area contributed by atoms with Gasteiger partial charge in [-0.1, -0.05) is 56.3 Å². The van der Waals surface area contributed by atoms with E-state index < -0.39 is 0 Å². The molecule has 0 radical (unpaired) electrons. The first-order chi connectivity index (χ1) is 12.5. The number of hydrogen-bond acceptors (Lipinski definition) is 2. The minimum absolute atomic E-state index is 0.0266. The lowest BCUT2D eigenvalue weighted by Gasteiger charge is -2.21. The number of anilines is 1. The molecule has 0 spiro atoms. The zero-order valence-corrected chi connectivity index (χ0v) is 15.4. The fourth-order valence-corrected chi connectivity index (χ4v) is 3.19. The maximum absolute atomic E-state index is 12.8. The summed E-state index contributed by atoms with van der Waals surface area (Å²) in [5.74, 6) is 0.0777. The highest BCUT2D eigenvalue weighted by Gasteiger charge is 2.24. The molecule has 0 saturated carbocycles. The van der Waals surface area contributed by atoms with Crippen molar-refractivity contribution in [1.82, 2.24) is 4.98 Å². The van der Waals surface area contributed by atoms with Gasteiger partial charge in [0.1, 0.15) is 0 Å². The summed E-state index contributed by atoms with van der Waals surface area (Å²) in [5, 5.41) is 3.06. The molecular formula is C23H24N2O. The van der Waals surface area contributed by atoms with E-state index in [0.717, 1.165) is 28.1 Å². The second-order valence-corrected chi connectivity index (χ2v) is 6.88. The number of amides is 1. The number of carbonyl (C=O) groups excluding carboxylic acids is 1. The molecule has 1 amide bonds. The lowest BCUT2D eigenvalue weighted by molar-refractivity contribution is -0.118. The number of rotatable bonds is 5. The van der Waals surface area contributed by atoms with Gasteiger partial charge in [-0.3, -0.25) is 9.78 Å². The summed E-state index contributed by atoms with van der Waals surface area (Å²) in [4.78, 5) is 17.1. The fraction of sp³-hybridized carbons (Fsp3) is 0.217. The van der Waals surface area contributed by atoms with Crippen LogP contribution in [0.1, 0.15) is 31.0 Å². The van der Waals surface area contributed by atoms with Crippen LogP contribution in [0.5, 0.6) is 0 Å². The van der Waals surface area contributed by atoms with Crippen molar-refractivity contribution >= 4 is 11.6 Å². The molecule has 1 heterocycles. The average molecular weight is 344 g/mol. The van der Waals surface area contributed by atoms with Gasteiger partial charge in [-0.05, 0) is 53.8 Å². The maximum Gasteiger partial charge on any atom is 0.232 e. The van der Waals surface area contributed by atoms with Crippen LogP contribution >= 0.6 is 0 Å². The molecule has 0 aliphatic carbocycles. The molecular weight excluding hydrogens is 320 g/mol. The molecule has 3 rings (SSSR count). The molecule has 1 unspecified atom stereocenters. The van der Waals surface area contributed by atoms with Crippen molar-refractivity contribution in [2.75, 3.05) is 5.32 Å². The standard InChI is InChI=1S/C23H24N2O/c1-16(2)22(19-7-5-4-6-8-19)23(26)25-21-11-9-18(10-12-21)20-13-14-24-17(3)15-20/h4-16,22H,1-3H3,(H,25,26). The molecule has 132 valence electrons. The predicted molar refractivity (Wildman–Crippen MR) is 107 cm³/mol. The summed E-state index contributed by atoms with van der Waals surface area (Å²) >= 11 is 0. The molecule has 0 bridgehead atoms. The number of pyridine rings is 1. The van der Waals surface area contributed by atoms with Gasteiger partial charge in [0.05, 0.1) is 5.92 Å². The van der Waals surface area contributed by atoms with Gasteiger partial charge in [-0.15, -0.1) is 0 Å². The van der Waals surface area contributed by atoms with Crippen LogP contribution in [-0.4, -0.2) is 10.9 Å². The summed E-state index contributed by atoms with van der Waals surface area (Å²) in [6, 6.07) is 21.9. The molecule has 1 N–H and O–H groups in total. The zero-order valence-electron chi connectivity index (χ0n) is 15.4. The van der Waals surface area contributed by atoms with Crippen molar-refractivity contribution in [2.24, 2.45) is 5.92 Å². The number of hydrogen-bond donors (Lipinski definition) is 1. The van der Waals surface area contributed by atoms with E-state index >= 15 is 0 Å². The fourth-order valence-electron chi connectivity index (χ4n) is 3.19. The maximum atomic E-state index is 12.8. The Labute approximate surface area is 155 Å². The first-order valence-corrected chi connectivity index (χ1v) is 8.93. The Morgan fingerprint density at radius 1 is 0.923 bits per heavy atom. The van der Waals surface area contributed by atoms with Crippen molar-refractivity contribution < 1.29 is 4.79 Å². The average Bonchev–Trinajstić information content (AvgIpc) is 2.63. The van der Waals surface area contributed by atoms with Crippen LogP contribution in [0.15, 0.2) is 72.9 Å². The third-order valence-electron chi connectivity index (χ3n) is 4.49. The SMILES string of the molecule is Cc1cc(-c2ccc(NC(=O)C(c3ccccc3)C(C)C)cc2)ccn1. The molecule has 0 fully saturated rings. The van der Waals surface area contributed by atoms with Crippen molar-refractivity contribution in [3.8, 4) is 11.1 Å². The van der Waals surface area contributed by atoms with Crippen LogP contribution in [0.2, 0.25) is 0 Å². The van der Waals surface area contributed by atoms with Crippen molar-refractivity contribution in [2.45, 2.75) is 26.7 Å². The van der Waals surface area contributed by atoms with Gasteiger partial charge in [-0.2, -0.15) is 0 Å². The number of carbonyl (C=O) groups is 1. The van der Waals surface area contributed by atoms with Crippen LogP contribution in [-0.2, 0) is 4.79 Å². The van der Waals surface area contributed by atoms with Gasteiger partial charge in [0.15, 0.2) is 0 Å². The Bertz CT molecular complexity index is 870. The van der Waals surface area contributed by atoms with E-state index in [9.17, 15) is 4.79 Å². The summed E-state index contributed by atoms with van der Waals surface area (Å²) in [6.45, 7) is 6.13. The monoisotopic (exact) mass is 344 g/mol. The van der Waals surface area contributed by atoms with Gasteiger partial charge < -0.3 is 5.32 Å². The molecule has 1 aromatic heterocycles. The highest BCUT2D eigenvalue weighted by atomic mass is 16.1. The second kappa shape index (κ2) is 7.96. The van der Waals surface area contributed by atoms with Crippen molar-refractivity contribution in [3.05, 3.63) is 84.2 Å². The Morgan fingerprint density at radius 3 is 2.23 bits per heavy atom. The third-order valence-corrected chi connectivity index (χ3v) is 4.49. The largest absolute Gasteiger partial charge is 0.326 e. The number of nitrogens with zero attached hydrogens (tertiary/aromatic N) is 1. The van der Waals surface area contributed by atoms with E-state index in [1.54, 1.807) is 0 Å². The Kier molecular flexibility index (Phi) is 5.47. The van der Waals surface area contributed by atoms with Gasteiger partial charge in [0.25, 0.3) is 0 Å². The smallest absolute Gasteiger partial charge is 0.232 e. The molecule has 3 aromatic rings. The molecule has 26 heavy (non-hydrogen) atoms. The molecule has 0 aliphatic rings. The van der Waals surface area contributed by atoms with Gasteiger partial charge in [0.2, 0.25) is 5.91 Å².